The van der Waals surface area contributed by atoms with Crippen LogP contribution in [-0.2, 0) is 0 Å². The van der Waals surface area contributed by atoms with Crippen LogP contribution >= 0.6 is 27.3 Å². The van der Waals surface area contributed by atoms with E-state index < -0.39 is 0 Å². The molecule has 2 aromatic rings. The number of ether oxygens (including phenoxy) is 1. The number of benzene rings is 1. The average Bonchev–Trinajstić information content (AvgIpc) is 2.85. The van der Waals surface area contributed by atoms with Crippen LogP contribution in [0.2, 0.25) is 0 Å². The second-order valence-electron chi connectivity index (χ2n) is 4.40. The number of carbonyl (C=O) groups excluding carboxylic acids is 1. The standard InChI is InChI=1S/C15H16BrNO2S/c1-3-7-19-13-9-10(2)4-5-12(13)17-15(18)14-11(16)6-8-20-14/h4-6,8-9H,3,7H2,1-2H3,(H,17,18). The minimum absolute atomic E-state index is 0.128. The Morgan fingerprint density at radius 1 is 1.40 bits per heavy atom. The highest BCUT2D eigenvalue weighted by molar-refractivity contribution is 9.10. The Morgan fingerprint density at radius 3 is 2.85 bits per heavy atom. The first-order valence-corrected chi connectivity index (χ1v) is 8.07. The fourth-order valence-electron chi connectivity index (χ4n) is 1.70. The molecule has 0 fully saturated rings. The minimum atomic E-state index is -0.128. The number of halogens is 1. The topological polar surface area (TPSA) is 38.3 Å². The Bertz CT molecular complexity index is 610. The van der Waals surface area contributed by atoms with E-state index in [0.29, 0.717) is 22.9 Å². The number of aryl methyl sites for hydroxylation is 1. The molecule has 106 valence electrons. The summed E-state index contributed by atoms with van der Waals surface area (Å²) in [6.07, 6.45) is 0.928. The van der Waals surface area contributed by atoms with E-state index in [4.69, 9.17) is 4.74 Å². The van der Waals surface area contributed by atoms with Gasteiger partial charge in [0, 0.05) is 4.47 Å². The Balaban J connectivity index is 2.20. The van der Waals surface area contributed by atoms with Crippen molar-refractivity contribution in [2.75, 3.05) is 11.9 Å². The molecule has 3 nitrogen and oxygen atoms in total. The highest BCUT2D eigenvalue weighted by atomic mass is 79.9. The van der Waals surface area contributed by atoms with E-state index in [1.165, 1.54) is 11.3 Å². The summed E-state index contributed by atoms with van der Waals surface area (Å²) in [5.41, 5.74) is 1.81. The van der Waals surface area contributed by atoms with Crippen molar-refractivity contribution in [3.05, 3.63) is 44.6 Å². The first-order chi connectivity index (χ1) is 9.61. The number of amides is 1. The van der Waals surface area contributed by atoms with Crippen molar-refractivity contribution in [2.45, 2.75) is 20.3 Å². The summed E-state index contributed by atoms with van der Waals surface area (Å²) < 4.78 is 6.50. The van der Waals surface area contributed by atoms with Crippen LogP contribution in [0, 0.1) is 6.92 Å². The smallest absolute Gasteiger partial charge is 0.266 e. The highest BCUT2D eigenvalue weighted by Crippen LogP contribution is 2.29. The van der Waals surface area contributed by atoms with Crippen LogP contribution in [0.5, 0.6) is 5.75 Å². The molecule has 1 aromatic carbocycles. The predicted octanol–water partition coefficient (Wildman–Crippen LogP) is 4.86. The Kier molecular flexibility index (Phi) is 5.20. The van der Waals surface area contributed by atoms with Gasteiger partial charge in [0.15, 0.2) is 0 Å². The van der Waals surface area contributed by atoms with Crippen LogP contribution < -0.4 is 10.1 Å². The third-order valence-corrected chi connectivity index (χ3v) is 4.51. The van der Waals surface area contributed by atoms with Crippen LogP contribution in [0.1, 0.15) is 28.6 Å². The molecule has 1 N–H and O–H groups in total. The van der Waals surface area contributed by atoms with Gasteiger partial charge in [0.1, 0.15) is 10.6 Å². The van der Waals surface area contributed by atoms with Gasteiger partial charge < -0.3 is 10.1 Å². The molecule has 0 saturated heterocycles. The minimum Gasteiger partial charge on any atom is -0.491 e. The monoisotopic (exact) mass is 353 g/mol. The number of carbonyl (C=O) groups is 1. The van der Waals surface area contributed by atoms with Gasteiger partial charge in [0.25, 0.3) is 5.91 Å². The SMILES string of the molecule is CCCOc1cc(C)ccc1NC(=O)c1sccc1Br. The van der Waals surface area contributed by atoms with Crippen LogP contribution in [0.15, 0.2) is 34.1 Å². The van der Waals surface area contributed by atoms with E-state index in [1.54, 1.807) is 0 Å². The van der Waals surface area contributed by atoms with E-state index in [-0.39, 0.29) is 5.91 Å². The van der Waals surface area contributed by atoms with Gasteiger partial charge in [-0.25, -0.2) is 0 Å². The molecule has 0 aliphatic heterocycles. The van der Waals surface area contributed by atoms with Gasteiger partial charge in [-0.1, -0.05) is 13.0 Å². The fourth-order valence-corrected chi connectivity index (χ4v) is 3.15. The molecule has 0 atom stereocenters. The van der Waals surface area contributed by atoms with Gasteiger partial charge in [-0.05, 0) is 58.4 Å². The number of hydrogen-bond donors (Lipinski definition) is 1. The van der Waals surface area contributed by atoms with Crippen molar-refractivity contribution in [3.8, 4) is 5.75 Å². The zero-order chi connectivity index (χ0) is 14.5. The molecular formula is C15H16BrNO2S. The maximum Gasteiger partial charge on any atom is 0.266 e. The van der Waals surface area contributed by atoms with Crippen LogP contribution in [0.25, 0.3) is 0 Å². The molecule has 2 rings (SSSR count). The lowest BCUT2D eigenvalue weighted by molar-refractivity contribution is 0.102. The molecule has 1 aromatic heterocycles. The van der Waals surface area contributed by atoms with E-state index in [2.05, 4.69) is 28.2 Å². The third kappa shape index (κ3) is 3.61. The molecule has 1 amide bonds. The number of anilines is 1. The van der Waals surface area contributed by atoms with Gasteiger partial charge in [0.2, 0.25) is 0 Å². The molecule has 0 aliphatic rings. The molecule has 5 heteroatoms. The lowest BCUT2D eigenvalue weighted by Crippen LogP contribution is -2.12. The first-order valence-electron chi connectivity index (χ1n) is 6.39. The van der Waals surface area contributed by atoms with E-state index >= 15 is 0 Å². The number of nitrogens with one attached hydrogen (secondary N) is 1. The summed E-state index contributed by atoms with van der Waals surface area (Å²) in [5.74, 6) is 0.588. The maximum absolute atomic E-state index is 12.2. The second kappa shape index (κ2) is 6.90. The molecule has 20 heavy (non-hydrogen) atoms. The van der Waals surface area contributed by atoms with Crippen molar-refractivity contribution >= 4 is 38.9 Å². The molecular weight excluding hydrogens is 338 g/mol. The van der Waals surface area contributed by atoms with Gasteiger partial charge >= 0.3 is 0 Å². The Labute approximate surface area is 131 Å². The van der Waals surface area contributed by atoms with Crippen molar-refractivity contribution in [1.82, 2.24) is 0 Å². The zero-order valence-corrected chi connectivity index (χ0v) is 13.8. The largest absolute Gasteiger partial charge is 0.491 e. The van der Waals surface area contributed by atoms with Crippen molar-refractivity contribution in [1.29, 1.82) is 0 Å². The van der Waals surface area contributed by atoms with Crippen molar-refractivity contribution in [3.63, 3.8) is 0 Å². The molecule has 0 bridgehead atoms. The van der Waals surface area contributed by atoms with E-state index in [9.17, 15) is 4.79 Å². The molecule has 0 unspecified atom stereocenters. The summed E-state index contributed by atoms with van der Waals surface area (Å²) in [4.78, 5) is 12.9. The normalized spacial score (nSPS) is 10.3. The van der Waals surface area contributed by atoms with Crippen LogP contribution in [-0.4, -0.2) is 12.5 Å². The van der Waals surface area contributed by atoms with Crippen LogP contribution in [0.3, 0.4) is 0 Å². The molecule has 0 saturated carbocycles. The number of thiophene rings is 1. The predicted molar refractivity (Wildman–Crippen MR) is 86.9 cm³/mol. The summed E-state index contributed by atoms with van der Waals surface area (Å²) in [6.45, 7) is 4.69. The molecule has 0 spiro atoms. The Morgan fingerprint density at radius 2 is 2.20 bits per heavy atom. The van der Waals surface area contributed by atoms with E-state index in [0.717, 1.165) is 16.5 Å². The average molecular weight is 354 g/mol. The van der Waals surface area contributed by atoms with Crippen LogP contribution in [0.4, 0.5) is 5.69 Å². The van der Waals surface area contributed by atoms with Crippen molar-refractivity contribution < 1.29 is 9.53 Å². The van der Waals surface area contributed by atoms with E-state index in [1.807, 2.05) is 36.6 Å². The first kappa shape index (κ1) is 15.1. The fraction of sp³-hybridized carbons (Fsp3) is 0.267. The lowest BCUT2D eigenvalue weighted by atomic mass is 10.2. The van der Waals surface area contributed by atoms with Gasteiger partial charge in [-0.3, -0.25) is 4.79 Å². The van der Waals surface area contributed by atoms with Crippen molar-refractivity contribution in [2.24, 2.45) is 0 Å². The summed E-state index contributed by atoms with van der Waals surface area (Å²) >= 11 is 4.77. The second-order valence-corrected chi connectivity index (χ2v) is 6.17. The summed E-state index contributed by atoms with van der Waals surface area (Å²) in [7, 11) is 0. The molecule has 0 radical (unpaired) electrons. The Hall–Kier alpha value is -1.33. The highest BCUT2D eigenvalue weighted by Gasteiger charge is 2.14. The zero-order valence-electron chi connectivity index (χ0n) is 11.4. The van der Waals surface area contributed by atoms with Gasteiger partial charge in [-0.2, -0.15) is 0 Å². The number of rotatable bonds is 5. The molecule has 1 heterocycles. The lowest BCUT2D eigenvalue weighted by Gasteiger charge is -2.12. The quantitative estimate of drug-likeness (QED) is 0.833. The van der Waals surface area contributed by atoms with Gasteiger partial charge in [-0.15, -0.1) is 11.3 Å². The third-order valence-electron chi connectivity index (χ3n) is 2.67. The maximum atomic E-state index is 12.2. The number of hydrogen-bond acceptors (Lipinski definition) is 3. The molecule has 0 aliphatic carbocycles. The van der Waals surface area contributed by atoms with Gasteiger partial charge in [0.05, 0.1) is 12.3 Å². The summed E-state index contributed by atoms with van der Waals surface area (Å²) in [6, 6.07) is 7.63. The summed E-state index contributed by atoms with van der Waals surface area (Å²) in [5, 5.41) is 4.78.